The van der Waals surface area contributed by atoms with E-state index in [1.807, 2.05) is 0 Å². The molecule has 0 radical (unpaired) electrons. The van der Waals surface area contributed by atoms with Gasteiger partial charge >= 0.3 is 0 Å². The second-order valence-corrected chi connectivity index (χ2v) is 5.08. The van der Waals surface area contributed by atoms with Crippen molar-refractivity contribution < 1.29 is 0 Å². The molecular formula is C14H19N. The molecule has 4 atom stereocenters. The highest BCUT2D eigenvalue weighted by atomic mass is 14.8. The molecule has 1 saturated carbocycles. The Bertz CT molecular complexity index is 371. The van der Waals surface area contributed by atoms with Crippen LogP contribution in [-0.4, -0.2) is 6.04 Å². The Hall–Kier alpha value is -0.820. The molecule has 1 aromatic rings. The van der Waals surface area contributed by atoms with Gasteiger partial charge in [-0.1, -0.05) is 37.6 Å². The van der Waals surface area contributed by atoms with Crippen LogP contribution < -0.4 is 5.73 Å². The number of benzene rings is 1. The summed E-state index contributed by atoms with van der Waals surface area (Å²) in [5.74, 6) is 2.27. The first-order valence-electron chi connectivity index (χ1n) is 6.16. The van der Waals surface area contributed by atoms with Gasteiger partial charge in [0.05, 0.1) is 0 Å². The number of hydrogen-bond donors (Lipinski definition) is 1. The Labute approximate surface area is 91.7 Å². The summed E-state index contributed by atoms with van der Waals surface area (Å²) in [6.07, 6.45) is 3.78. The fourth-order valence-electron chi connectivity index (χ4n) is 3.74. The third kappa shape index (κ3) is 1.19. The van der Waals surface area contributed by atoms with Crippen LogP contribution in [0.2, 0.25) is 0 Å². The zero-order valence-corrected chi connectivity index (χ0v) is 9.32. The Morgan fingerprint density at radius 3 is 2.93 bits per heavy atom. The predicted molar refractivity (Wildman–Crippen MR) is 62.8 cm³/mol. The lowest BCUT2D eigenvalue weighted by molar-refractivity contribution is 0.0775. The van der Waals surface area contributed by atoms with Gasteiger partial charge in [-0.2, -0.15) is 0 Å². The van der Waals surface area contributed by atoms with E-state index in [0.29, 0.717) is 6.04 Å². The van der Waals surface area contributed by atoms with Crippen LogP contribution in [-0.2, 0) is 6.42 Å². The lowest BCUT2D eigenvalue weighted by atomic mass is 9.53. The Balaban J connectivity index is 1.99. The summed E-state index contributed by atoms with van der Waals surface area (Å²) in [7, 11) is 0. The van der Waals surface area contributed by atoms with Gasteiger partial charge in [0.25, 0.3) is 0 Å². The first-order valence-corrected chi connectivity index (χ1v) is 6.16. The molecule has 0 saturated heterocycles. The summed E-state index contributed by atoms with van der Waals surface area (Å²) < 4.78 is 0. The van der Waals surface area contributed by atoms with E-state index in [0.717, 1.165) is 17.8 Å². The summed E-state index contributed by atoms with van der Waals surface area (Å²) in [5, 5.41) is 0. The van der Waals surface area contributed by atoms with E-state index in [1.165, 1.54) is 19.3 Å². The molecule has 15 heavy (non-hydrogen) atoms. The molecule has 4 unspecified atom stereocenters. The van der Waals surface area contributed by atoms with Gasteiger partial charge in [-0.15, -0.1) is 0 Å². The highest BCUT2D eigenvalue weighted by molar-refractivity contribution is 5.37. The first kappa shape index (κ1) is 9.41. The van der Waals surface area contributed by atoms with Crippen LogP contribution in [0.15, 0.2) is 24.3 Å². The van der Waals surface area contributed by atoms with Crippen molar-refractivity contribution in [3.63, 3.8) is 0 Å². The number of aryl methyl sites for hydroxylation is 1. The third-order valence-corrected chi connectivity index (χ3v) is 4.54. The van der Waals surface area contributed by atoms with Gasteiger partial charge in [0.2, 0.25) is 0 Å². The molecule has 0 bridgehead atoms. The van der Waals surface area contributed by atoms with Crippen LogP contribution in [0.1, 0.15) is 36.8 Å². The molecule has 1 heteroatoms. The molecule has 80 valence electrons. The normalized spacial score (nSPS) is 37.7. The van der Waals surface area contributed by atoms with E-state index in [1.54, 1.807) is 11.1 Å². The molecule has 0 spiro atoms. The molecule has 1 fully saturated rings. The van der Waals surface area contributed by atoms with Crippen molar-refractivity contribution in [2.75, 3.05) is 0 Å². The second kappa shape index (κ2) is 3.34. The Kier molecular flexibility index (Phi) is 2.10. The molecule has 0 amide bonds. The maximum Gasteiger partial charge on any atom is 0.0108 e. The minimum Gasteiger partial charge on any atom is -0.327 e. The summed E-state index contributed by atoms with van der Waals surface area (Å²) in [4.78, 5) is 0. The van der Waals surface area contributed by atoms with Crippen molar-refractivity contribution in [2.24, 2.45) is 17.6 Å². The molecule has 2 aliphatic rings. The maximum atomic E-state index is 6.25. The topological polar surface area (TPSA) is 26.0 Å². The minimum atomic E-state index is 0.466. The predicted octanol–water partition coefficient (Wildman–Crippen LogP) is 2.70. The molecule has 2 N–H and O–H groups in total. The van der Waals surface area contributed by atoms with Crippen LogP contribution in [0.4, 0.5) is 0 Å². The number of hydrogen-bond acceptors (Lipinski definition) is 1. The Morgan fingerprint density at radius 1 is 1.33 bits per heavy atom. The molecular weight excluding hydrogens is 182 g/mol. The summed E-state index contributed by atoms with van der Waals surface area (Å²) in [6.45, 7) is 2.28. The first-order chi connectivity index (χ1) is 7.33. The average molecular weight is 201 g/mol. The zero-order chi connectivity index (χ0) is 10.4. The van der Waals surface area contributed by atoms with Crippen molar-refractivity contribution in [2.45, 2.75) is 38.1 Å². The highest BCUT2D eigenvalue weighted by Gasteiger charge is 2.49. The van der Waals surface area contributed by atoms with Gasteiger partial charge in [0, 0.05) is 6.04 Å². The van der Waals surface area contributed by atoms with Gasteiger partial charge in [-0.25, -0.2) is 0 Å². The summed E-state index contributed by atoms with van der Waals surface area (Å²) in [5.41, 5.74) is 9.42. The zero-order valence-electron chi connectivity index (χ0n) is 9.32. The van der Waals surface area contributed by atoms with E-state index in [4.69, 9.17) is 5.73 Å². The van der Waals surface area contributed by atoms with Crippen molar-refractivity contribution in [1.82, 2.24) is 0 Å². The van der Waals surface area contributed by atoms with Gasteiger partial charge in [-0.05, 0) is 41.7 Å². The smallest absolute Gasteiger partial charge is 0.0108 e. The SMILES string of the molecule is CCC1C(N)C2CCc3ccccc3C12. The largest absolute Gasteiger partial charge is 0.327 e. The molecule has 3 rings (SSSR count). The van der Waals surface area contributed by atoms with E-state index in [2.05, 4.69) is 31.2 Å². The lowest BCUT2D eigenvalue weighted by Gasteiger charge is -2.53. The lowest BCUT2D eigenvalue weighted by Crippen LogP contribution is -2.56. The van der Waals surface area contributed by atoms with Gasteiger partial charge in [0.1, 0.15) is 0 Å². The van der Waals surface area contributed by atoms with E-state index >= 15 is 0 Å². The standard InChI is InChI=1S/C14H19N/c1-2-10-13-11-6-4-3-5-9(11)7-8-12(13)14(10)15/h3-6,10,12-14H,2,7-8,15H2,1H3. The highest BCUT2D eigenvalue weighted by Crippen LogP contribution is 2.53. The number of rotatable bonds is 1. The number of fused-ring (bicyclic) bond motifs is 3. The maximum absolute atomic E-state index is 6.25. The fourth-order valence-corrected chi connectivity index (χ4v) is 3.74. The Morgan fingerprint density at radius 2 is 2.13 bits per heavy atom. The molecule has 1 nitrogen and oxygen atoms in total. The van der Waals surface area contributed by atoms with Crippen molar-refractivity contribution in [3.8, 4) is 0 Å². The van der Waals surface area contributed by atoms with Crippen LogP contribution >= 0.6 is 0 Å². The van der Waals surface area contributed by atoms with E-state index in [9.17, 15) is 0 Å². The van der Waals surface area contributed by atoms with Crippen molar-refractivity contribution >= 4 is 0 Å². The number of nitrogens with two attached hydrogens (primary N) is 1. The average Bonchev–Trinajstić information content (AvgIpc) is 2.28. The molecule has 0 aliphatic heterocycles. The summed E-state index contributed by atoms with van der Waals surface area (Å²) in [6, 6.07) is 9.42. The van der Waals surface area contributed by atoms with Gasteiger partial charge in [-0.3, -0.25) is 0 Å². The van der Waals surface area contributed by atoms with E-state index in [-0.39, 0.29) is 0 Å². The van der Waals surface area contributed by atoms with E-state index < -0.39 is 0 Å². The van der Waals surface area contributed by atoms with Crippen molar-refractivity contribution in [3.05, 3.63) is 35.4 Å². The van der Waals surface area contributed by atoms with Crippen LogP contribution in [0, 0.1) is 11.8 Å². The fraction of sp³-hybridized carbons (Fsp3) is 0.571. The molecule has 0 heterocycles. The van der Waals surface area contributed by atoms with Crippen LogP contribution in [0.5, 0.6) is 0 Å². The monoisotopic (exact) mass is 201 g/mol. The second-order valence-electron chi connectivity index (χ2n) is 5.08. The third-order valence-electron chi connectivity index (χ3n) is 4.54. The van der Waals surface area contributed by atoms with Crippen LogP contribution in [0.3, 0.4) is 0 Å². The minimum absolute atomic E-state index is 0.466. The summed E-state index contributed by atoms with van der Waals surface area (Å²) >= 11 is 0. The molecule has 0 aromatic heterocycles. The van der Waals surface area contributed by atoms with Gasteiger partial charge < -0.3 is 5.73 Å². The quantitative estimate of drug-likeness (QED) is 0.742. The molecule has 1 aromatic carbocycles. The van der Waals surface area contributed by atoms with Crippen molar-refractivity contribution in [1.29, 1.82) is 0 Å². The molecule has 2 aliphatic carbocycles. The van der Waals surface area contributed by atoms with Crippen LogP contribution in [0.25, 0.3) is 0 Å². The van der Waals surface area contributed by atoms with Gasteiger partial charge in [0.15, 0.2) is 0 Å².